The fraction of sp³-hybridized carbons (Fsp3) is 0.440. The molecule has 3 atom stereocenters. The summed E-state index contributed by atoms with van der Waals surface area (Å²) in [7, 11) is 3.65. The molecule has 2 bridgehead atoms. The number of ether oxygens (including phenoxy) is 1. The highest BCUT2D eigenvalue weighted by atomic mass is 16.5. The SMILES string of the molecule is COc1cc(-c2ccc(-c3ccc(N(C)C4C[C@]5(C)CC[C@](C)(C4)N5)nn3)c(O)c2)cnn1. The van der Waals surface area contributed by atoms with Gasteiger partial charge in [-0.2, -0.15) is 5.10 Å². The minimum atomic E-state index is 0.134. The summed E-state index contributed by atoms with van der Waals surface area (Å²) in [5.74, 6) is 1.41. The van der Waals surface area contributed by atoms with Gasteiger partial charge in [0.05, 0.1) is 19.0 Å². The van der Waals surface area contributed by atoms with E-state index in [9.17, 15) is 5.11 Å². The first-order chi connectivity index (χ1) is 15.8. The van der Waals surface area contributed by atoms with Crippen LogP contribution in [0, 0.1) is 0 Å². The molecular weight excluding hydrogens is 416 g/mol. The number of hydrogen-bond acceptors (Lipinski definition) is 8. The van der Waals surface area contributed by atoms with E-state index in [0.29, 0.717) is 23.2 Å². The molecule has 8 nitrogen and oxygen atoms in total. The van der Waals surface area contributed by atoms with Crippen molar-refractivity contribution < 1.29 is 9.84 Å². The first kappa shape index (κ1) is 21.6. The minimum Gasteiger partial charge on any atom is -0.507 e. The number of nitrogens with zero attached hydrogens (tertiary/aromatic N) is 5. The van der Waals surface area contributed by atoms with Crippen LogP contribution in [-0.2, 0) is 0 Å². The van der Waals surface area contributed by atoms with Crippen molar-refractivity contribution in [1.82, 2.24) is 25.7 Å². The molecule has 2 aromatic heterocycles. The number of rotatable bonds is 5. The van der Waals surface area contributed by atoms with Crippen molar-refractivity contribution >= 4 is 5.82 Å². The molecule has 2 N–H and O–H groups in total. The number of aromatic hydroxyl groups is 1. The molecule has 3 aromatic rings. The molecule has 2 fully saturated rings. The van der Waals surface area contributed by atoms with Crippen LogP contribution in [0.25, 0.3) is 22.4 Å². The predicted octanol–water partition coefficient (Wildman–Crippen LogP) is 3.81. The van der Waals surface area contributed by atoms with Gasteiger partial charge in [-0.05, 0) is 69.4 Å². The molecule has 0 aliphatic carbocycles. The van der Waals surface area contributed by atoms with E-state index in [1.807, 2.05) is 24.3 Å². The summed E-state index contributed by atoms with van der Waals surface area (Å²) in [4.78, 5) is 2.26. The minimum absolute atomic E-state index is 0.134. The Morgan fingerprint density at radius 3 is 2.39 bits per heavy atom. The first-order valence-corrected chi connectivity index (χ1v) is 11.3. The molecule has 2 aliphatic rings. The Hall–Kier alpha value is -3.26. The van der Waals surface area contributed by atoms with Crippen LogP contribution < -0.4 is 15.0 Å². The number of fused-ring (bicyclic) bond motifs is 2. The molecule has 33 heavy (non-hydrogen) atoms. The standard InChI is InChI=1S/C25H30N6O2/c1-24-9-10-25(2,30-24)14-18(13-24)31(3)22-8-7-20(27-28-22)19-6-5-16(11-21(19)32)17-12-23(33-4)29-26-15-17/h5-8,11-12,15,18,30,32H,9-10,13-14H2,1-4H3/t18?,24-,25+. The molecule has 4 heterocycles. The summed E-state index contributed by atoms with van der Waals surface area (Å²) in [5.41, 5.74) is 3.28. The molecular formula is C25H30N6O2. The summed E-state index contributed by atoms with van der Waals surface area (Å²) >= 11 is 0. The average Bonchev–Trinajstić information content (AvgIpc) is 3.05. The highest BCUT2D eigenvalue weighted by Crippen LogP contribution is 2.43. The van der Waals surface area contributed by atoms with E-state index in [-0.39, 0.29) is 16.8 Å². The van der Waals surface area contributed by atoms with Gasteiger partial charge < -0.3 is 20.1 Å². The lowest BCUT2D eigenvalue weighted by Crippen LogP contribution is -2.58. The molecule has 5 rings (SSSR count). The second-order valence-electron chi connectivity index (χ2n) is 9.91. The van der Waals surface area contributed by atoms with Gasteiger partial charge in [-0.1, -0.05) is 6.07 Å². The van der Waals surface area contributed by atoms with Crippen LogP contribution in [0.4, 0.5) is 5.82 Å². The van der Waals surface area contributed by atoms with E-state index in [2.05, 4.69) is 51.5 Å². The predicted molar refractivity (Wildman–Crippen MR) is 127 cm³/mol. The molecule has 2 saturated heterocycles. The molecule has 0 radical (unpaired) electrons. The Morgan fingerprint density at radius 2 is 1.76 bits per heavy atom. The van der Waals surface area contributed by atoms with E-state index in [1.165, 1.54) is 12.8 Å². The maximum absolute atomic E-state index is 10.7. The number of phenols is 1. The number of nitrogens with one attached hydrogen (secondary N) is 1. The maximum Gasteiger partial charge on any atom is 0.233 e. The van der Waals surface area contributed by atoms with Gasteiger partial charge in [-0.25, -0.2) is 0 Å². The molecule has 1 aromatic carbocycles. The Labute approximate surface area is 194 Å². The monoisotopic (exact) mass is 446 g/mol. The Bertz CT molecular complexity index is 1150. The highest BCUT2D eigenvalue weighted by Gasteiger charge is 2.49. The van der Waals surface area contributed by atoms with Crippen LogP contribution in [0.1, 0.15) is 39.5 Å². The summed E-state index contributed by atoms with van der Waals surface area (Å²) in [6.07, 6.45) is 6.26. The fourth-order valence-corrected chi connectivity index (χ4v) is 5.47. The van der Waals surface area contributed by atoms with Gasteiger partial charge in [0.2, 0.25) is 5.88 Å². The molecule has 0 amide bonds. The number of anilines is 1. The normalized spacial score (nSPS) is 26.2. The van der Waals surface area contributed by atoms with Crippen LogP contribution in [0.15, 0.2) is 42.6 Å². The van der Waals surface area contributed by atoms with Crippen molar-refractivity contribution in [3.8, 4) is 34.0 Å². The summed E-state index contributed by atoms with van der Waals surface area (Å²) < 4.78 is 5.14. The zero-order valence-electron chi connectivity index (χ0n) is 19.5. The Kier molecular flexibility index (Phi) is 5.20. The van der Waals surface area contributed by atoms with Crippen molar-refractivity contribution in [2.24, 2.45) is 0 Å². The van der Waals surface area contributed by atoms with E-state index in [1.54, 1.807) is 25.4 Å². The van der Waals surface area contributed by atoms with Gasteiger partial charge in [0.25, 0.3) is 0 Å². The molecule has 0 spiro atoms. The van der Waals surface area contributed by atoms with Crippen LogP contribution in [0.3, 0.4) is 0 Å². The maximum atomic E-state index is 10.7. The Morgan fingerprint density at radius 1 is 1.00 bits per heavy atom. The largest absolute Gasteiger partial charge is 0.507 e. The van der Waals surface area contributed by atoms with Crippen molar-refractivity contribution in [3.05, 3.63) is 42.6 Å². The number of hydrogen-bond donors (Lipinski definition) is 2. The van der Waals surface area contributed by atoms with E-state index in [4.69, 9.17) is 4.74 Å². The number of piperidine rings is 1. The molecule has 2 aliphatic heterocycles. The third-order valence-corrected chi connectivity index (χ3v) is 7.21. The van der Waals surface area contributed by atoms with Gasteiger partial charge in [0.1, 0.15) is 5.75 Å². The fourth-order valence-electron chi connectivity index (χ4n) is 5.47. The van der Waals surface area contributed by atoms with Gasteiger partial charge in [0, 0.05) is 41.4 Å². The lowest BCUT2D eigenvalue weighted by molar-refractivity contribution is 0.207. The smallest absolute Gasteiger partial charge is 0.233 e. The third kappa shape index (κ3) is 4.11. The van der Waals surface area contributed by atoms with Gasteiger partial charge in [0.15, 0.2) is 5.82 Å². The van der Waals surface area contributed by atoms with Gasteiger partial charge >= 0.3 is 0 Å². The summed E-state index contributed by atoms with van der Waals surface area (Å²) in [5, 5.41) is 31.3. The van der Waals surface area contributed by atoms with E-state index < -0.39 is 0 Å². The molecule has 172 valence electrons. The lowest BCUT2D eigenvalue weighted by atomic mass is 9.84. The van der Waals surface area contributed by atoms with E-state index >= 15 is 0 Å². The van der Waals surface area contributed by atoms with Crippen molar-refractivity contribution in [3.63, 3.8) is 0 Å². The highest BCUT2D eigenvalue weighted by molar-refractivity contribution is 5.74. The number of phenolic OH excluding ortho intramolecular Hbond substituents is 1. The van der Waals surface area contributed by atoms with Crippen molar-refractivity contribution in [1.29, 1.82) is 0 Å². The number of methoxy groups -OCH3 is 1. The first-order valence-electron chi connectivity index (χ1n) is 11.3. The average molecular weight is 447 g/mol. The molecule has 0 saturated carbocycles. The lowest BCUT2D eigenvalue weighted by Gasteiger charge is -2.45. The van der Waals surface area contributed by atoms with Gasteiger partial charge in [-0.15, -0.1) is 15.3 Å². The molecule has 1 unspecified atom stereocenters. The van der Waals surface area contributed by atoms with Gasteiger partial charge in [-0.3, -0.25) is 0 Å². The van der Waals surface area contributed by atoms with Crippen molar-refractivity contribution in [2.75, 3.05) is 19.1 Å². The van der Waals surface area contributed by atoms with Crippen LogP contribution in [0.5, 0.6) is 11.6 Å². The topological polar surface area (TPSA) is 96.3 Å². The number of aromatic nitrogens is 4. The summed E-state index contributed by atoms with van der Waals surface area (Å²) in [6.45, 7) is 4.66. The van der Waals surface area contributed by atoms with Crippen LogP contribution in [0.2, 0.25) is 0 Å². The Balaban J connectivity index is 1.35. The van der Waals surface area contributed by atoms with Crippen LogP contribution in [-0.4, -0.2) is 56.8 Å². The zero-order valence-corrected chi connectivity index (χ0v) is 19.5. The van der Waals surface area contributed by atoms with Crippen LogP contribution >= 0.6 is 0 Å². The summed E-state index contributed by atoms with van der Waals surface area (Å²) in [6, 6.07) is 11.6. The third-order valence-electron chi connectivity index (χ3n) is 7.21. The zero-order chi connectivity index (χ0) is 23.2. The number of benzene rings is 1. The second kappa shape index (κ2) is 7.95. The quantitative estimate of drug-likeness (QED) is 0.611. The van der Waals surface area contributed by atoms with Crippen molar-refractivity contribution in [2.45, 2.75) is 56.7 Å². The molecule has 8 heteroatoms. The van der Waals surface area contributed by atoms with E-state index in [0.717, 1.165) is 29.8 Å². The second-order valence-corrected chi connectivity index (χ2v) is 9.91.